The summed E-state index contributed by atoms with van der Waals surface area (Å²) in [7, 11) is 0. The second-order valence-electron chi connectivity index (χ2n) is 18.1. The maximum absolute atomic E-state index is 8.90. The van der Waals surface area contributed by atoms with E-state index in [2.05, 4.69) is 46.4 Å². The summed E-state index contributed by atoms with van der Waals surface area (Å²) in [6.07, 6.45) is -2.92. The molecular formula is C55H56IrN2O2-2. The van der Waals surface area contributed by atoms with Crippen LogP contribution in [-0.2, 0) is 39.2 Å². The van der Waals surface area contributed by atoms with Gasteiger partial charge >= 0.3 is 0 Å². The molecule has 0 aliphatic carbocycles. The van der Waals surface area contributed by atoms with Crippen molar-refractivity contribution in [2.75, 3.05) is 0 Å². The molecule has 0 aliphatic rings. The Kier molecular flexibility index (Phi) is 8.21. The molecule has 4 heterocycles. The van der Waals surface area contributed by atoms with Gasteiger partial charge in [-0.15, -0.1) is 53.6 Å². The van der Waals surface area contributed by atoms with Gasteiger partial charge in [-0.3, -0.25) is 0 Å². The summed E-state index contributed by atoms with van der Waals surface area (Å²) in [6, 6.07) is 33.6. The molecular weight excluding hydrogens is 913 g/mol. The molecule has 5 aromatic carbocycles. The van der Waals surface area contributed by atoms with Crippen LogP contribution in [0.15, 0.2) is 112 Å². The summed E-state index contributed by atoms with van der Waals surface area (Å²) < 4.78 is 112. The van der Waals surface area contributed by atoms with Crippen molar-refractivity contribution in [1.82, 2.24) is 9.97 Å². The zero-order valence-electron chi connectivity index (χ0n) is 47.4. The van der Waals surface area contributed by atoms with Gasteiger partial charge in [0.15, 0.2) is 0 Å². The summed E-state index contributed by atoms with van der Waals surface area (Å²) in [5.74, 6) is 0. The average molecular weight is 981 g/mol. The zero-order chi connectivity index (χ0) is 52.2. The Balaban J connectivity index is 0.000000220. The van der Waals surface area contributed by atoms with Crippen LogP contribution in [0.25, 0.3) is 77.2 Å². The fraction of sp³-hybridized carbons (Fsp3) is 0.309. The first kappa shape index (κ1) is 30.0. The Bertz CT molecular complexity index is 3500. The summed E-state index contributed by atoms with van der Waals surface area (Å²) in [4.78, 5) is 8.89. The van der Waals surface area contributed by atoms with Crippen LogP contribution in [0, 0.1) is 42.1 Å². The maximum Gasteiger partial charge on any atom is 0.143 e. The van der Waals surface area contributed by atoms with Gasteiger partial charge in [-0.2, -0.15) is 0 Å². The van der Waals surface area contributed by atoms with Gasteiger partial charge in [-0.1, -0.05) is 128 Å². The van der Waals surface area contributed by atoms with Gasteiger partial charge in [-0.25, -0.2) is 0 Å². The fourth-order valence-electron chi connectivity index (χ4n) is 7.31. The zero-order valence-corrected chi connectivity index (χ0v) is 37.8. The molecule has 0 unspecified atom stereocenters. The number of hydrogen-bond acceptors (Lipinski definition) is 4. The first-order chi connectivity index (χ1) is 32.7. The van der Waals surface area contributed by atoms with Crippen molar-refractivity contribution in [2.45, 2.75) is 95.1 Å². The molecule has 0 saturated carbocycles. The summed E-state index contributed by atoms with van der Waals surface area (Å²) in [6.45, 7) is 11.2. The van der Waals surface area contributed by atoms with Crippen molar-refractivity contribution in [2.24, 2.45) is 16.2 Å². The minimum absolute atomic E-state index is 0. The van der Waals surface area contributed by atoms with E-state index in [9.17, 15) is 0 Å². The first-order valence-corrected chi connectivity index (χ1v) is 19.8. The number of aromatic nitrogens is 2. The van der Waals surface area contributed by atoms with E-state index in [1.54, 1.807) is 86.6 Å². The molecule has 0 spiro atoms. The molecule has 9 rings (SSSR count). The number of rotatable bonds is 5. The number of fused-ring (bicyclic) bond motifs is 9. The Labute approximate surface area is 386 Å². The van der Waals surface area contributed by atoms with Crippen LogP contribution in [0.2, 0.25) is 0 Å². The van der Waals surface area contributed by atoms with Crippen LogP contribution in [0.4, 0.5) is 0 Å². The van der Waals surface area contributed by atoms with Gasteiger partial charge < -0.3 is 18.8 Å². The number of furan rings is 2. The van der Waals surface area contributed by atoms with E-state index in [1.165, 1.54) is 24.5 Å². The largest absolute Gasteiger partial charge is 0.501 e. The van der Waals surface area contributed by atoms with Crippen LogP contribution < -0.4 is 0 Å². The van der Waals surface area contributed by atoms with Crippen LogP contribution in [0.3, 0.4) is 0 Å². The van der Waals surface area contributed by atoms with Crippen LogP contribution >= 0.6 is 0 Å². The van der Waals surface area contributed by atoms with Crippen molar-refractivity contribution >= 4 is 54.6 Å². The van der Waals surface area contributed by atoms with E-state index in [0.29, 0.717) is 33.7 Å². The number of pyridine rings is 2. The fourth-order valence-corrected chi connectivity index (χ4v) is 7.31. The summed E-state index contributed by atoms with van der Waals surface area (Å²) >= 11 is 0. The van der Waals surface area contributed by atoms with Crippen molar-refractivity contribution in [3.05, 3.63) is 143 Å². The second-order valence-corrected chi connectivity index (χ2v) is 18.1. The number of benzene rings is 5. The molecule has 1 radical (unpaired) electrons. The topological polar surface area (TPSA) is 52.1 Å². The van der Waals surface area contributed by atoms with Crippen molar-refractivity contribution < 1.29 is 45.4 Å². The molecule has 4 aromatic heterocycles. The standard InChI is InChI=1S/C33H26NO2.C22H30N.Ir/c1-19-18-34-26(16-21(19)17-33(2,3)4)23-10-7-11-24-29-27(36-32(23)24)14-15-28-30(29)25-13-12-20-8-5-6-9-22(20)31(25)35-28;1-16-8-10-17(11-9-16)20-12-18(13-21(2,3)4)19(15-23-20)14-22(5,6)7;/h5-9,11-16,18H,17H2,1-4H3;8-10,12,15H,13-14H2,1-7H3;/q2*-1;/i1D3,17D2;1D3,13D2,14D2;. The van der Waals surface area contributed by atoms with Crippen LogP contribution in [0.1, 0.15) is 107 Å². The molecule has 0 N–H and O–H groups in total. The number of nitrogens with zero attached hydrogens (tertiary/aromatic N) is 2. The maximum atomic E-state index is 8.90. The second kappa shape index (κ2) is 16.4. The predicted octanol–water partition coefficient (Wildman–Crippen LogP) is 15.4. The Hall–Kier alpha value is -5.09. The summed E-state index contributed by atoms with van der Waals surface area (Å²) in [5, 5.41) is 5.83. The molecule has 0 fully saturated rings. The minimum atomic E-state index is -2.52. The molecule has 0 saturated heterocycles. The molecule has 5 heteroatoms. The monoisotopic (exact) mass is 981 g/mol. The van der Waals surface area contributed by atoms with E-state index in [4.69, 9.17) is 25.3 Å². The Morgan fingerprint density at radius 2 is 1.23 bits per heavy atom. The van der Waals surface area contributed by atoms with Gasteiger partial charge in [0.25, 0.3) is 0 Å². The smallest absolute Gasteiger partial charge is 0.143 e. The van der Waals surface area contributed by atoms with Gasteiger partial charge in [0.1, 0.15) is 16.7 Å². The first-order valence-electron chi connectivity index (χ1n) is 25.8. The van der Waals surface area contributed by atoms with Gasteiger partial charge in [-0.05, 0) is 93.9 Å². The quantitative estimate of drug-likeness (QED) is 0.161. The molecule has 0 atom stereocenters. The SMILES string of the molecule is [2H]C([2H])([2H])c1c[c-]c(-c2cc(C([2H])([2H])C(C)(C)C)c(C([2H])([2H])C(C)(C)C)cn2)cc1.[2H]C([2H])([2H])c1cnc(-c2[c-]ccc3c2oc2ccc4oc5c6ccccc6ccc5c4c23)cc1C([2H])([2H])C(C)(C)C.[Ir]. The third kappa shape index (κ3) is 9.14. The average Bonchev–Trinajstić information content (AvgIpc) is 3.86. The van der Waals surface area contributed by atoms with E-state index < -0.39 is 49.1 Å². The normalized spacial score (nSPS) is 16.4. The molecule has 0 bridgehead atoms. The molecule has 9 aromatic rings. The minimum Gasteiger partial charge on any atom is -0.501 e. The third-order valence-electron chi connectivity index (χ3n) is 9.60. The Morgan fingerprint density at radius 3 is 1.90 bits per heavy atom. The van der Waals surface area contributed by atoms with Crippen molar-refractivity contribution in [3.63, 3.8) is 0 Å². The molecule has 4 nitrogen and oxygen atoms in total. The molecule has 309 valence electrons. The van der Waals surface area contributed by atoms with Gasteiger partial charge in [0.05, 0.1) is 5.58 Å². The molecule has 0 amide bonds. The van der Waals surface area contributed by atoms with Crippen LogP contribution in [-0.4, -0.2) is 9.97 Å². The van der Waals surface area contributed by atoms with E-state index in [0.717, 1.165) is 43.5 Å². The summed E-state index contributed by atoms with van der Waals surface area (Å²) in [5.41, 5.74) is 2.86. The van der Waals surface area contributed by atoms with Gasteiger partial charge in [0.2, 0.25) is 0 Å². The van der Waals surface area contributed by atoms with E-state index in [-0.39, 0.29) is 47.9 Å². The van der Waals surface area contributed by atoms with Gasteiger partial charge in [0, 0.05) is 70.5 Å². The Morgan fingerprint density at radius 1 is 0.600 bits per heavy atom. The molecule has 0 aliphatic heterocycles. The van der Waals surface area contributed by atoms with Crippen LogP contribution in [0.5, 0.6) is 0 Å². The van der Waals surface area contributed by atoms with E-state index >= 15 is 0 Å². The number of hydrogen-bond donors (Lipinski definition) is 0. The van der Waals surface area contributed by atoms with E-state index in [1.807, 2.05) is 30.3 Å². The predicted molar refractivity (Wildman–Crippen MR) is 248 cm³/mol. The number of aryl methyl sites for hydroxylation is 2. The van der Waals surface area contributed by atoms with Crippen molar-refractivity contribution in [1.29, 1.82) is 0 Å². The third-order valence-corrected chi connectivity index (χ3v) is 9.60. The van der Waals surface area contributed by atoms with Crippen molar-refractivity contribution in [3.8, 4) is 22.5 Å². The molecule has 60 heavy (non-hydrogen) atoms.